The molecule has 126 valence electrons. The van der Waals surface area contributed by atoms with Crippen molar-refractivity contribution in [3.05, 3.63) is 29.5 Å². The van der Waals surface area contributed by atoms with Crippen molar-refractivity contribution in [1.82, 2.24) is 24.2 Å². The molecular weight excluding hydrogens is 308 g/mol. The predicted octanol–water partition coefficient (Wildman–Crippen LogP) is 0.922. The Labute approximate surface area is 132 Å². The summed E-state index contributed by atoms with van der Waals surface area (Å²) in [6.45, 7) is 2.11. The van der Waals surface area contributed by atoms with E-state index >= 15 is 0 Å². The number of amides is 1. The highest BCUT2D eigenvalue weighted by atomic mass is 19.3. The first-order valence-electron chi connectivity index (χ1n) is 7.09. The maximum Gasteiger partial charge on any atom is 0.259 e. The van der Waals surface area contributed by atoms with Gasteiger partial charge in [-0.25, -0.2) is 13.8 Å². The highest BCUT2D eigenvalue weighted by molar-refractivity contribution is 5.98. The van der Waals surface area contributed by atoms with Gasteiger partial charge in [0.1, 0.15) is 17.2 Å². The van der Waals surface area contributed by atoms with Crippen LogP contribution in [0.1, 0.15) is 21.9 Å². The molecule has 0 unspecified atom stereocenters. The van der Waals surface area contributed by atoms with Crippen LogP contribution < -0.4 is 0 Å². The molecule has 0 aliphatic carbocycles. The molecule has 0 atom stereocenters. The second-order valence-electron chi connectivity index (χ2n) is 5.12. The largest absolute Gasteiger partial charge is 0.395 e. The smallest absolute Gasteiger partial charge is 0.259 e. The molecule has 2 aromatic heterocycles. The van der Waals surface area contributed by atoms with E-state index in [1.54, 1.807) is 37.9 Å². The van der Waals surface area contributed by atoms with Crippen LogP contribution >= 0.6 is 0 Å². The monoisotopic (exact) mass is 327 g/mol. The number of hydrogen-bond acceptors (Lipinski definition) is 4. The lowest BCUT2D eigenvalue weighted by molar-refractivity contribution is 0.0508. The lowest BCUT2D eigenvalue weighted by Gasteiger charge is -2.22. The summed E-state index contributed by atoms with van der Waals surface area (Å²) in [4.78, 5) is 17.8. The zero-order valence-electron chi connectivity index (χ0n) is 13.2. The van der Waals surface area contributed by atoms with E-state index in [9.17, 15) is 13.6 Å². The number of halogens is 2. The summed E-state index contributed by atoms with van der Waals surface area (Å²) in [5, 5.41) is 13.3. The average Bonchev–Trinajstić information content (AvgIpc) is 3.00. The van der Waals surface area contributed by atoms with Crippen molar-refractivity contribution in [2.24, 2.45) is 7.05 Å². The summed E-state index contributed by atoms with van der Waals surface area (Å²) < 4.78 is 28.6. The van der Waals surface area contributed by atoms with Crippen molar-refractivity contribution in [3.63, 3.8) is 0 Å². The predicted molar refractivity (Wildman–Crippen MR) is 78.8 cm³/mol. The summed E-state index contributed by atoms with van der Waals surface area (Å²) in [5.74, 6) is 0.511. The molecule has 2 heterocycles. The maximum absolute atomic E-state index is 12.7. The van der Waals surface area contributed by atoms with E-state index in [0.717, 1.165) is 4.90 Å². The van der Waals surface area contributed by atoms with Crippen LogP contribution in [0.4, 0.5) is 8.78 Å². The first-order valence-corrected chi connectivity index (χ1v) is 7.09. The minimum Gasteiger partial charge on any atom is -0.395 e. The van der Waals surface area contributed by atoms with E-state index in [1.165, 1.54) is 4.68 Å². The van der Waals surface area contributed by atoms with Crippen molar-refractivity contribution < 1.29 is 18.7 Å². The number of rotatable bonds is 6. The molecule has 0 aliphatic heterocycles. The van der Waals surface area contributed by atoms with Gasteiger partial charge in [-0.05, 0) is 13.8 Å². The maximum atomic E-state index is 12.7. The van der Waals surface area contributed by atoms with Crippen LogP contribution in [0.3, 0.4) is 0 Å². The number of alkyl halides is 2. The summed E-state index contributed by atoms with van der Waals surface area (Å²) >= 11 is 0. The number of nitrogens with zero attached hydrogens (tertiary/aromatic N) is 5. The van der Waals surface area contributed by atoms with Crippen LogP contribution in [0.5, 0.6) is 0 Å². The molecular formula is C14H19F2N5O2. The van der Waals surface area contributed by atoms with Gasteiger partial charge in [-0.2, -0.15) is 5.10 Å². The first kappa shape index (κ1) is 17.1. The van der Waals surface area contributed by atoms with Crippen LogP contribution in [0, 0.1) is 13.8 Å². The van der Waals surface area contributed by atoms with Crippen molar-refractivity contribution in [1.29, 1.82) is 0 Å². The van der Waals surface area contributed by atoms with Crippen molar-refractivity contribution in [2.75, 3.05) is 19.7 Å². The minimum absolute atomic E-state index is 0.167. The van der Waals surface area contributed by atoms with Gasteiger partial charge < -0.3 is 10.0 Å². The highest BCUT2D eigenvalue weighted by Gasteiger charge is 2.28. The number of aryl methyl sites for hydroxylation is 3. The molecule has 0 aromatic carbocycles. The van der Waals surface area contributed by atoms with Crippen LogP contribution in [-0.4, -0.2) is 61.4 Å². The molecule has 0 saturated carbocycles. The molecule has 0 aliphatic rings. The number of imidazole rings is 1. The van der Waals surface area contributed by atoms with Gasteiger partial charge in [0.05, 0.1) is 18.8 Å². The molecule has 2 rings (SSSR count). The Morgan fingerprint density at radius 3 is 2.65 bits per heavy atom. The molecule has 0 fully saturated rings. The van der Waals surface area contributed by atoms with Crippen LogP contribution in [0.25, 0.3) is 5.82 Å². The zero-order valence-corrected chi connectivity index (χ0v) is 13.2. The van der Waals surface area contributed by atoms with E-state index in [-0.39, 0.29) is 12.1 Å². The Kier molecular flexibility index (Phi) is 5.09. The standard InChI is InChI=1S/C14H19F2N5O2/c1-9-12(14(23)20(6-7-22)8-11(15)16)13(19(3)18-9)21-5-4-17-10(21)2/h4-5,11,22H,6-8H2,1-3H3. The minimum atomic E-state index is -2.68. The van der Waals surface area contributed by atoms with Gasteiger partial charge >= 0.3 is 0 Å². The highest BCUT2D eigenvalue weighted by Crippen LogP contribution is 2.21. The van der Waals surface area contributed by atoms with Crippen LogP contribution in [0.2, 0.25) is 0 Å². The molecule has 0 radical (unpaired) electrons. The third kappa shape index (κ3) is 3.39. The van der Waals surface area contributed by atoms with E-state index in [4.69, 9.17) is 5.11 Å². The molecule has 0 saturated heterocycles. The lowest BCUT2D eigenvalue weighted by atomic mass is 10.2. The Morgan fingerprint density at radius 1 is 1.43 bits per heavy atom. The zero-order chi connectivity index (χ0) is 17.1. The Morgan fingerprint density at radius 2 is 2.13 bits per heavy atom. The summed E-state index contributed by atoms with van der Waals surface area (Å²) in [7, 11) is 1.67. The van der Waals surface area contributed by atoms with Gasteiger partial charge in [0.25, 0.3) is 12.3 Å². The summed E-state index contributed by atoms with van der Waals surface area (Å²) in [5.41, 5.74) is 0.653. The third-order valence-electron chi connectivity index (χ3n) is 3.48. The number of carbonyl (C=O) groups excluding carboxylic acids is 1. The number of carbonyl (C=O) groups is 1. The van der Waals surface area contributed by atoms with E-state index in [2.05, 4.69) is 10.1 Å². The molecule has 0 spiro atoms. The van der Waals surface area contributed by atoms with Gasteiger partial charge in [0.2, 0.25) is 0 Å². The van der Waals surface area contributed by atoms with Gasteiger partial charge in [-0.3, -0.25) is 14.0 Å². The number of hydrogen-bond donors (Lipinski definition) is 1. The van der Waals surface area contributed by atoms with Crippen molar-refractivity contribution in [3.8, 4) is 5.82 Å². The normalized spacial score (nSPS) is 11.3. The third-order valence-corrected chi connectivity index (χ3v) is 3.48. The second kappa shape index (κ2) is 6.86. The second-order valence-corrected chi connectivity index (χ2v) is 5.12. The fourth-order valence-corrected chi connectivity index (χ4v) is 2.50. The summed E-state index contributed by atoms with van der Waals surface area (Å²) in [6.07, 6.45) is 0.573. The van der Waals surface area contributed by atoms with Gasteiger partial charge in [-0.1, -0.05) is 0 Å². The topological polar surface area (TPSA) is 76.2 Å². The van der Waals surface area contributed by atoms with Crippen LogP contribution in [-0.2, 0) is 7.05 Å². The van der Waals surface area contributed by atoms with Crippen molar-refractivity contribution >= 4 is 5.91 Å². The van der Waals surface area contributed by atoms with Crippen LogP contribution in [0.15, 0.2) is 12.4 Å². The molecule has 0 bridgehead atoms. The fourth-order valence-electron chi connectivity index (χ4n) is 2.50. The molecule has 9 heteroatoms. The SMILES string of the molecule is Cc1nn(C)c(-n2ccnc2C)c1C(=O)N(CCO)CC(F)F. The van der Waals surface area contributed by atoms with Gasteiger partial charge in [0.15, 0.2) is 0 Å². The Bertz CT molecular complexity index is 695. The molecule has 2 aromatic rings. The number of aliphatic hydroxyl groups excluding tert-OH is 1. The Hall–Kier alpha value is -2.29. The molecule has 7 nitrogen and oxygen atoms in total. The van der Waals surface area contributed by atoms with E-state index < -0.39 is 25.5 Å². The first-order chi connectivity index (χ1) is 10.9. The molecule has 1 N–H and O–H groups in total. The lowest BCUT2D eigenvalue weighted by Crippen LogP contribution is -2.38. The number of aromatic nitrogens is 4. The quantitative estimate of drug-likeness (QED) is 0.856. The Balaban J connectivity index is 2.50. The van der Waals surface area contributed by atoms with E-state index in [0.29, 0.717) is 17.3 Å². The van der Waals surface area contributed by atoms with Crippen molar-refractivity contribution in [2.45, 2.75) is 20.3 Å². The summed E-state index contributed by atoms with van der Waals surface area (Å²) in [6, 6.07) is 0. The molecule has 1 amide bonds. The molecule has 23 heavy (non-hydrogen) atoms. The van der Waals surface area contributed by atoms with Gasteiger partial charge in [-0.15, -0.1) is 0 Å². The number of aliphatic hydroxyl groups is 1. The fraction of sp³-hybridized carbons (Fsp3) is 0.500. The van der Waals surface area contributed by atoms with Gasteiger partial charge in [0, 0.05) is 26.0 Å². The van der Waals surface area contributed by atoms with E-state index in [1.807, 2.05) is 0 Å². The average molecular weight is 327 g/mol.